The lowest BCUT2D eigenvalue weighted by atomic mass is 9.52. The molecule has 0 amide bonds. The Hall–Kier alpha value is -6.31. The first-order valence-electron chi connectivity index (χ1n) is 25.0. The minimum absolute atomic E-state index is 0.00298. The van der Waals surface area contributed by atoms with Gasteiger partial charge in [0.1, 0.15) is 0 Å². The minimum Gasteiger partial charge on any atom is -0.380 e. The van der Waals surface area contributed by atoms with E-state index < -0.39 is 53.1 Å². The van der Waals surface area contributed by atoms with Crippen molar-refractivity contribution in [1.29, 1.82) is 0 Å². The van der Waals surface area contributed by atoms with Crippen LogP contribution in [0.1, 0.15) is 133 Å². The van der Waals surface area contributed by atoms with Gasteiger partial charge in [0.2, 0.25) is 0 Å². The smallest absolute Gasteiger partial charge is 0.380 e. The molecule has 4 aliphatic rings. The molecule has 73 heavy (non-hydrogen) atoms. The third-order valence-corrected chi connectivity index (χ3v) is 16.8. The predicted octanol–water partition coefficient (Wildman–Crippen LogP) is 12.3. The molecule has 6 aromatic rings. The van der Waals surface area contributed by atoms with Crippen LogP contribution in [0, 0.1) is 25.7 Å². The fraction of sp³-hybridized carbons (Fsp3) is 0.383. The van der Waals surface area contributed by atoms with E-state index in [2.05, 4.69) is 9.97 Å². The Morgan fingerprint density at radius 1 is 0.589 bits per heavy atom. The van der Waals surface area contributed by atoms with Gasteiger partial charge in [-0.05, 0) is 153 Å². The van der Waals surface area contributed by atoms with Gasteiger partial charge in [-0.25, -0.2) is 0 Å². The van der Waals surface area contributed by atoms with E-state index in [1.54, 1.807) is 36.7 Å². The second-order valence-electron chi connectivity index (χ2n) is 21.0. The molecule has 2 heterocycles. The molecule has 0 radical (unpaired) electrons. The van der Waals surface area contributed by atoms with E-state index in [1.165, 1.54) is 0 Å². The monoisotopic (exact) mass is 1000 g/mol. The van der Waals surface area contributed by atoms with E-state index in [4.69, 9.17) is 0 Å². The molecule has 2 fully saturated rings. The van der Waals surface area contributed by atoms with E-state index in [9.17, 15) is 50.9 Å². The fourth-order valence-corrected chi connectivity index (χ4v) is 12.6. The second kappa shape index (κ2) is 19.8. The summed E-state index contributed by atoms with van der Waals surface area (Å²) in [6.45, 7) is 3.71. The maximum atomic E-state index is 13.8. The van der Waals surface area contributed by atoms with Crippen molar-refractivity contribution in [2.75, 3.05) is 0 Å². The van der Waals surface area contributed by atoms with Gasteiger partial charge in [0, 0.05) is 70.6 Å². The van der Waals surface area contributed by atoms with Crippen molar-refractivity contribution in [2.24, 2.45) is 11.8 Å². The van der Waals surface area contributed by atoms with E-state index in [-0.39, 0.29) is 68.2 Å². The largest absolute Gasteiger partial charge is 0.417 e. The first-order chi connectivity index (χ1) is 34.6. The van der Waals surface area contributed by atoms with Gasteiger partial charge in [-0.15, -0.1) is 0 Å². The molecule has 7 nitrogen and oxygen atoms in total. The summed E-state index contributed by atoms with van der Waals surface area (Å²) >= 11 is 0. The highest BCUT2D eigenvalue weighted by Gasteiger charge is 2.63. The van der Waals surface area contributed by atoms with Crippen LogP contribution >= 0.6 is 0 Å². The van der Waals surface area contributed by atoms with Gasteiger partial charge >= 0.3 is 12.4 Å². The van der Waals surface area contributed by atoms with Gasteiger partial charge in [0.05, 0.1) is 0 Å². The number of fused-ring (bicyclic) bond motifs is 6. The Morgan fingerprint density at radius 3 is 1.55 bits per heavy atom. The Balaban J connectivity index is 0.000000180. The number of pyridine rings is 2. The molecule has 4 aromatic carbocycles. The summed E-state index contributed by atoms with van der Waals surface area (Å²) in [6.07, 6.45) is -4.76. The highest BCUT2D eigenvalue weighted by molar-refractivity contribution is 6.04. The first-order valence-corrected chi connectivity index (χ1v) is 25.0. The number of benzene rings is 4. The van der Waals surface area contributed by atoms with Gasteiger partial charge in [-0.2, -0.15) is 26.3 Å². The lowest BCUT2D eigenvalue weighted by Crippen LogP contribution is -2.57. The molecular formula is C60H58F6N2O5. The molecule has 2 aromatic heterocycles. The van der Waals surface area contributed by atoms with Crippen LogP contribution in [-0.2, 0) is 42.9 Å². The van der Waals surface area contributed by atoms with E-state index >= 15 is 0 Å². The molecule has 2 N–H and O–H groups in total. The van der Waals surface area contributed by atoms with Gasteiger partial charge in [-0.1, -0.05) is 97.1 Å². The maximum Gasteiger partial charge on any atom is 0.417 e. The van der Waals surface area contributed by atoms with Crippen LogP contribution in [0.15, 0.2) is 134 Å². The highest BCUT2D eigenvalue weighted by atomic mass is 19.4. The van der Waals surface area contributed by atoms with Crippen LogP contribution in [0.4, 0.5) is 26.3 Å². The van der Waals surface area contributed by atoms with Crippen LogP contribution in [0.3, 0.4) is 0 Å². The van der Waals surface area contributed by atoms with Crippen molar-refractivity contribution in [3.8, 4) is 0 Å². The van der Waals surface area contributed by atoms with Gasteiger partial charge in [-0.3, -0.25) is 24.4 Å². The van der Waals surface area contributed by atoms with Crippen molar-refractivity contribution < 1.29 is 50.9 Å². The van der Waals surface area contributed by atoms with E-state index in [1.807, 2.05) is 111 Å². The zero-order valence-corrected chi connectivity index (χ0v) is 40.8. The summed E-state index contributed by atoms with van der Waals surface area (Å²) in [5.41, 5.74) is 2.75. The molecule has 0 bridgehead atoms. The van der Waals surface area contributed by atoms with Crippen LogP contribution in [-0.4, -0.2) is 61.1 Å². The molecule has 0 saturated heterocycles. The van der Waals surface area contributed by atoms with Crippen molar-refractivity contribution in [2.45, 2.75) is 132 Å². The van der Waals surface area contributed by atoms with Gasteiger partial charge in [0.25, 0.3) is 0 Å². The molecule has 4 aliphatic carbocycles. The predicted molar refractivity (Wildman–Crippen MR) is 265 cm³/mol. The number of hydrogen-bond donors (Lipinski definition) is 2. The Labute approximate surface area is 421 Å². The zero-order valence-electron chi connectivity index (χ0n) is 40.8. The number of aryl methyl sites for hydroxylation is 3. The molecule has 0 aliphatic heterocycles. The normalized spacial score (nSPS) is 25.5. The van der Waals surface area contributed by atoms with Crippen molar-refractivity contribution in [3.63, 3.8) is 0 Å². The molecular weight excluding hydrogens is 943 g/mol. The molecule has 6 atom stereocenters. The molecule has 2 saturated carbocycles. The van der Waals surface area contributed by atoms with Crippen LogP contribution in [0.25, 0.3) is 0 Å². The Bertz CT molecular complexity index is 3030. The lowest BCUT2D eigenvalue weighted by Gasteiger charge is -2.53. The average molecular weight is 1000 g/mol. The summed E-state index contributed by atoms with van der Waals surface area (Å²) in [5, 5.41) is 21.1. The maximum absolute atomic E-state index is 13.8. The number of ketones is 3. The molecule has 10 rings (SSSR count). The highest BCUT2D eigenvalue weighted by Crippen LogP contribution is 2.59. The quantitative estimate of drug-likeness (QED) is 0.104. The lowest BCUT2D eigenvalue weighted by molar-refractivity contribution is -0.279. The topological polar surface area (TPSA) is 117 Å². The summed E-state index contributed by atoms with van der Waals surface area (Å²) in [4.78, 5) is 48.0. The third-order valence-electron chi connectivity index (χ3n) is 16.8. The Morgan fingerprint density at radius 2 is 1.05 bits per heavy atom. The summed E-state index contributed by atoms with van der Waals surface area (Å²) in [7, 11) is 0. The number of carbonyl (C=O) groups excluding carboxylic acids is 3. The fourth-order valence-electron chi connectivity index (χ4n) is 12.6. The van der Waals surface area contributed by atoms with Crippen LogP contribution in [0.2, 0.25) is 0 Å². The van der Waals surface area contributed by atoms with Crippen LogP contribution in [0.5, 0.6) is 0 Å². The number of aliphatic hydroxyl groups is 2. The number of carbonyl (C=O) groups is 3. The van der Waals surface area contributed by atoms with Gasteiger partial charge in [0.15, 0.2) is 28.6 Å². The standard InChI is InChI=1S/C30H28F3NO3.C30H30F3NO2/c1-19-21(8-5-13-34-19)15-26(35)22-9-10-25-24(14-22)27(36)16-23-18-29(37,30(31,32)33)12-11-28(23,25)17-20-6-3-2-4-7-20;1-20-22(8-5-15-34-20)17-27(35)24-10-12-26-23(16-24)9-11-25-19-29(36,30(31,32)33)14-13-28(25,26)18-21-6-3-2-4-7-21/h2-10,13-14,23,37H,11-12,15-18H2,1H3;2-8,10,12,15-16,25,36H,9,11,13-14,17-19H2,1H3/t23-,28-,29?;25-,28-,29?/m00/s1. The number of aromatic nitrogens is 2. The number of Topliss-reactive ketones (excluding diaryl/α,β-unsaturated/α-hetero) is 3. The van der Waals surface area contributed by atoms with Gasteiger partial charge < -0.3 is 10.2 Å². The molecule has 380 valence electrons. The summed E-state index contributed by atoms with van der Waals surface area (Å²) < 4.78 is 82.8. The first kappa shape index (κ1) is 51.6. The molecule has 13 heteroatoms. The number of nitrogens with zero attached hydrogens (tertiary/aromatic N) is 2. The van der Waals surface area contributed by atoms with Crippen molar-refractivity contribution in [1.82, 2.24) is 9.97 Å². The number of rotatable bonds is 10. The number of alkyl halides is 6. The zero-order chi connectivity index (χ0) is 52.0. The molecule has 0 spiro atoms. The number of hydrogen-bond acceptors (Lipinski definition) is 7. The minimum atomic E-state index is -4.77. The average Bonchev–Trinajstić information content (AvgIpc) is 3.36. The third kappa shape index (κ3) is 10.1. The second-order valence-corrected chi connectivity index (χ2v) is 21.0. The van der Waals surface area contributed by atoms with E-state index in [0.717, 1.165) is 44.8 Å². The SMILES string of the molecule is Cc1ncccc1CC(=O)c1ccc2c(c1)C(=O)C[C@H]1CC(O)(C(F)(F)F)CC[C@@]21Cc1ccccc1.Cc1ncccc1CC(=O)c1ccc2c(c1)CC[C@H]1CC(O)(C(F)(F)F)CC[C@@]21Cc1ccccc1. The Kier molecular flexibility index (Phi) is 14.0. The van der Waals surface area contributed by atoms with Crippen molar-refractivity contribution in [3.05, 3.63) is 201 Å². The number of halogens is 6. The summed E-state index contributed by atoms with van der Waals surface area (Å²) in [6, 6.07) is 37.5. The molecule has 2 unspecified atom stereocenters. The van der Waals surface area contributed by atoms with E-state index in [0.29, 0.717) is 47.9 Å². The van der Waals surface area contributed by atoms with Crippen molar-refractivity contribution >= 4 is 17.3 Å². The van der Waals surface area contributed by atoms with Crippen LogP contribution < -0.4 is 0 Å². The summed E-state index contributed by atoms with van der Waals surface area (Å²) in [5.74, 6) is -1.41.